The maximum Gasteiger partial charge on any atom is 0.264 e. The van der Waals surface area contributed by atoms with Crippen molar-refractivity contribution < 1.29 is 27.1 Å². The maximum atomic E-state index is 14.0. The summed E-state index contributed by atoms with van der Waals surface area (Å²) in [6.07, 6.45) is 8.99. The highest BCUT2D eigenvalue weighted by molar-refractivity contribution is 7.90. The molecule has 2 N–H and O–H groups in total. The highest BCUT2D eigenvalue weighted by Crippen LogP contribution is 2.33. The molecule has 2 unspecified atom stereocenters. The van der Waals surface area contributed by atoms with Crippen LogP contribution in [0.2, 0.25) is 0 Å². The van der Waals surface area contributed by atoms with Crippen LogP contribution in [0.5, 0.6) is 5.75 Å². The summed E-state index contributed by atoms with van der Waals surface area (Å²) in [6, 6.07) is 19.6. The van der Waals surface area contributed by atoms with E-state index in [2.05, 4.69) is 23.9 Å². The number of ether oxygens (including phenoxy) is 1. The smallest absolute Gasteiger partial charge is 0.264 e. The number of hydrogen-bond donors (Lipinski definition) is 2. The molecular formula is C40H46FN3O5S. The summed E-state index contributed by atoms with van der Waals surface area (Å²) in [5, 5.41) is 4.51. The Morgan fingerprint density at radius 2 is 1.66 bits per heavy atom. The zero-order valence-corrected chi connectivity index (χ0v) is 29.9. The van der Waals surface area contributed by atoms with E-state index in [4.69, 9.17) is 4.74 Å². The number of nitrogens with one attached hydrogen (secondary N) is 2. The Morgan fingerprint density at radius 3 is 2.36 bits per heavy atom. The monoisotopic (exact) mass is 699 g/mol. The van der Waals surface area contributed by atoms with E-state index in [0.29, 0.717) is 43.4 Å². The van der Waals surface area contributed by atoms with Gasteiger partial charge in [-0.15, -0.1) is 0 Å². The Hall–Kier alpha value is -4.70. The number of carbonyl (C=O) groups is 2. The molecule has 2 aliphatic carbocycles. The second-order valence-electron chi connectivity index (χ2n) is 13.5. The largest absolute Gasteiger partial charge is 0.489 e. The van der Waals surface area contributed by atoms with E-state index in [1.807, 2.05) is 73.6 Å². The van der Waals surface area contributed by atoms with Crippen LogP contribution in [-0.2, 0) is 19.6 Å². The molecule has 2 aliphatic rings. The minimum absolute atomic E-state index is 0.0233. The molecule has 5 rings (SSSR count). The fourth-order valence-corrected chi connectivity index (χ4v) is 7.73. The average molecular weight is 700 g/mol. The first-order chi connectivity index (χ1) is 23.9. The van der Waals surface area contributed by atoms with Crippen LogP contribution in [0.3, 0.4) is 0 Å². The van der Waals surface area contributed by atoms with Crippen LogP contribution in [-0.4, -0.2) is 47.0 Å². The van der Waals surface area contributed by atoms with Gasteiger partial charge in [0.1, 0.15) is 18.2 Å². The quantitative estimate of drug-likeness (QED) is 0.180. The topological polar surface area (TPSA) is 105 Å². The first-order valence-electron chi connectivity index (χ1n) is 17.1. The number of allylic oxidation sites excluding steroid dienone is 5. The van der Waals surface area contributed by atoms with Crippen molar-refractivity contribution in [2.45, 2.75) is 63.3 Å². The summed E-state index contributed by atoms with van der Waals surface area (Å²) in [5.74, 6) is -0.612. The Bertz CT molecular complexity index is 1950. The lowest BCUT2D eigenvalue weighted by molar-refractivity contribution is -0.125. The van der Waals surface area contributed by atoms with Gasteiger partial charge in [-0.05, 0) is 73.1 Å². The minimum atomic E-state index is -4.18. The number of rotatable bonds is 14. The van der Waals surface area contributed by atoms with E-state index >= 15 is 0 Å². The molecule has 0 spiro atoms. The zero-order valence-electron chi connectivity index (χ0n) is 29.1. The summed E-state index contributed by atoms with van der Waals surface area (Å²) in [6.45, 7) is 4.46. The van der Waals surface area contributed by atoms with Crippen molar-refractivity contribution in [3.05, 3.63) is 114 Å². The fourth-order valence-electron chi connectivity index (χ4n) is 6.49. The van der Waals surface area contributed by atoms with Crippen LogP contribution in [0.1, 0.15) is 52.4 Å². The Morgan fingerprint density at radius 1 is 0.920 bits per heavy atom. The second kappa shape index (κ2) is 16.3. The van der Waals surface area contributed by atoms with E-state index in [9.17, 15) is 22.4 Å². The van der Waals surface area contributed by atoms with Gasteiger partial charge in [0.15, 0.2) is 0 Å². The van der Waals surface area contributed by atoms with Gasteiger partial charge >= 0.3 is 0 Å². The molecule has 3 aromatic rings. The number of halogens is 1. The number of para-hydroxylation sites is 1. The lowest BCUT2D eigenvalue weighted by Gasteiger charge is -2.30. The molecule has 0 radical (unpaired) electrons. The van der Waals surface area contributed by atoms with Gasteiger partial charge in [-0.1, -0.05) is 80.1 Å². The zero-order chi connectivity index (χ0) is 35.8. The van der Waals surface area contributed by atoms with Gasteiger partial charge in [0.05, 0.1) is 16.9 Å². The minimum Gasteiger partial charge on any atom is -0.489 e. The number of anilines is 1. The predicted molar refractivity (Wildman–Crippen MR) is 197 cm³/mol. The predicted octanol–water partition coefficient (Wildman–Crippen LogP) is 7.55. The number of benzene rings is 3. The van der Waals surface area contributed by atoms with E-state index < -0.39 is 21.8 Å². The highest BCUT2D eigenvalue weighted by atomic mass is 32.2. The molecule has 3 aromatic carbocycles. The number of sulfonamides is 1. The van der Waals surface area contributed by atoms with Crippen LogP contribution in [0.25, 0.3) is 10.8 Å². The molecule has 2 atom stereocenters. The molecule has 0 saturated carbocycles. The van der Waals surface area contributed by atoms with Crippen LogP contribution in [0.15, 0.2) is 118 Å². The maximum absolute atomic E-state index is 14.0. The third-order valence-electron chi connectivity index (χ3n) is 9.05. The Labute approximate surface area is 294 Å². The molecule has 0 aliphatic heterocycles. The average Bonchev–Trinajstić information content (AvgIpc) is 3.09. The molecule has 264 valence electrons. The Balaban J connectivity index is 1.33. The number of hydrogen-bond acceptors (Lipinski definition) is 6. The van der Waals surface area contributed by atoms with Crippen LogP contribution in [0.4, 0.5) is 10.1 Å². The second-order valence-corrected chi connectivity index (χ2v) is 15.2. The lowest BCUT2D eigenvalue weighted by atomic mass is 9.83. The highest BCUT2D eigenvalue weighted by Gasteiger charge is 2.30. The molecule has 0 fully saturated rings. The van der Waals surface area contributed by atoms with Gasteiger partial charge in [0.25, 0.3) is 10.0 Å². The van der Waals surface area contributed by atoms with E-state index in [1.165, 1.54) is 12.1 Å². The van der Waals surface area contributed by atoms with Crippen molar-refractivity contribution in [3.8, 4) is 5.75 Å². The molecule has 50 heavy (non-hydrogen) atoms. The third kappa shape index (κ3) is 9.29. The molecule has 2 amide bonds. The van der Waals surface area contributed by atoms with Gasteiger partial charge < -0.3 is 15.0 Å². The van der Waals surface area contributed by atoms with E-state index in [1.54, 1.807) is 24.3 Å². The van der Waals surface area contributed by atoms with Crippen molar-refractivity contribution in [2.24, 2.45) is 11.8 Å². The molecule has 0 saturated heterocycles. The molecule has 8 nitrogen and oxygen atoms in total. The fraction of sp³-hybridized carbons (Fsp3) is 0.350. The normalized spacial score (nSPS) is 16.9. The van der Waals surface area contributed by atoms with Gasteiger partial charge in [0.2, 0.25) is 11.8 Å². The SMILES string of the molecule is CC(C)CC(NC(=O)C1CC(COc2ccccc2)=CC=C1CCC(=O)NS(=O)(=O)c1cccc2c(N(C)C)cccc12)C1=CC=C(F)CC1. The van der Waals surface area contributed by atoms with Crippen LogP contribution < -0.4 is 19.7 Å². The molecular weight excluding hydrogens is 654 g/mol. The van der Waals surface area contributed by atoms with E-state index in [0.717, 1.165) is 27.8 Å². The molecule has 0 aromatic heterocycles. The van der Waals surface area contributed by atoms with Crippen molar-refractivity contribution in [1.82, 2.24) is 10.0 Å². The van der Waals surface area contributed by atoms with Crippen LogP contribution in [0, 0.1) is 11.8 Å². The van der Waals surface area contributed by atoms with Crippen molar-refractivity contribution in [3.63, 3.8) is 0 Å². The number of nitrogens with zero attached hydrogens (tertiary/aromatic N) is 1. The van der Waals surface area contributed by atoms with Gasteiger partial charge in [0, 0.05) is 43.4 Å². The van der Waals surface area contributed by atoms with Crippen molar-refractivity contribution in [2.75, 3.05) is 25.6 Å². The van der Waals surface area contributed by atoms with Crippen molar-refractivity contribution in [1.29, 1.82) is 0 Å². The van der Waals surface area contributed by atoms with Gasteiger partial charge in [-0.3, -0.25) is 9.59 Å². The number of carbonyl (C=O) groups excluding carboxylic acids is 2. The first kappa shape index (κ1) is 36.6. The van der Waals surface area contributed by atoms with Crippen molar-refractivity contribution >= 4 is 38.3 Å². The first-order valence-corrected chi connectivity index (χ1v) is 18.6. The van der Waals surface area contributed by atoms with Gasteiger partial charge in [-0.2, -0.15) is 0 Å². The third-order valence-corrected chi connectivity index (χ3v) is 10.5. The molecule has 0 bridgehead atoms. The molecule has 0 heterocycles. The Kier molecular flexibility index (Phi) is 12.0. The summed E-state index contributed by atoms with van der Waals surface area (Å²) in [7, 11) is -0.411. The summed E-state index contributed by atoms with van der Waals surface area (Å²) in [5.41, 5.74) is 3.49. The van der Waals surface area contributed by atoms with Gasteiger partial charge in [-0.25, -0.2) is 17.5 Å². The number of fused-ring (bicyclic) bond motifs is 1. The summed E-state index contributed by atoms with van der Waals surface area (Å²) >= 11 is 0. The van der Waals surface area contributed by atoms with Crippen LogP contribution >= 0.6 is 0 Å². The standard InChI is InChI=1S/C40H46FN3O5S/c1-27(2)24-36(30-18-21-31(41)22-19-30)42-40(46)35-25-28(26-49-32-10-6-5-7-11-32)16-17-29(35)20-23-39(45)43-50(47,48)38-15-9-12-33-34(38)13-8-14-37(33)44(3)4/h5-18,21,27,35-36H,19-20,22-26H2,1-4H3,(H,42,46)(H,43,45). The number of amides is 2. The summed E-state index contributed by atoms with van der Waals surface area (Å²) in [4.78, 5) is 29.2. The van der Waals surface area contributed by atoms with E-state index in [-0.39, 0.29) is 41.4 Å². The summed E-state index contributed by atoms with van der Waals surface area (Å²) < 4.78 is 49.0. The lowest BCUT2D eigenvalue weighted by Crippen LogP contribution is -2.42. The molecule has 10 heteroatoms.